The van der Waals surface area contributed by atoms with E-state index < -0.39 is 17.3 Å². The number of hydrogen-bond donors (Lipinski definition) is 1. The highest BCUT2D eigenvalue weighted by molar-refractivity contribution is 7.99. The highest BCUT2D eigenvalue weighted by Crippen LogP contribution is 2.49. The van der Waals surface area contributed by atoms with Gasteiger partial charge in [-0.2, -0.15) is 13.2 Å². The number of piperidine rings is 1. The third-order valence-corrected chi connectivity index (χ3v) is 7.92. The molecule has 0 radical (unpaired) electrons. The molecule has 2 aliphatic rings. The molecule has 1 fully saturated rings. The molecular formula is C27H27F3N2OS. The molecular weight excluding hydrogens is 457 g/mol. The van der Waals surface area contributed by atoms with Crippen LogP contribution in [-0.4, -0.2) is 36.2 Å². The van der Waals surface area contributed by atoms with E-state index in [0.717, 1.165) is 54.4 Å². The minimum Gasteiger partial charge on any atom is -0.385 e. The summed E-state index contributed by atoms with van der Waals surface area (Å²) in [6.07, 6.45) is -2.08. The van der Waals surface area contributed by atoms with Crippen LogP contribution < -0.4 is 4.90 Å². The van der Waals surface area contributed by atoms with E-state index in [9.17, 15) is 18.3 Å². The highest BCUT2D eigenvalue weighted by atomic mass is 32.2. The van der Waals surface area contributed by atoms with Gasteiger partial charge in [0.1, 0.15) is 0 Å². The molecule has 0 bridgehead atoms. The van der Waals surface area contributed by atoms with Crippen molar-refractivity contribution in [2.75, 3.05) is 31.1 Å². The molecule has 34 heavy (non-hydrogen) atoms. The molecule has 3 nitrogen and oxygen atoms in total. The molecule has 7 heteroatoms. The van der Waals surface area contributed by atoms with E-state index in [-0.39, 0.29) is 0 Å². The van der Waals surface area contributed by atoms with E-state index in [1.807, 2.05) is 54.6 Å². The summed E-state index contributed by atoms with van der Waals surface area (Å²) >= 11 is 1.40. The average Bonchev–Trinajstić information content (AvgIpc) is 2.84. The van der Waals surface area contributed by atoms with Crippen molar-refractivity contribution in [3.05, 3.63) is 83.9 Å². The number of aliphatic hydroxyl groups is 1. The zero-order chi connectivity index (χ0) is 23.8. The molecule has 2 aliphatic heterocycles. The lowest BCUT2D eigenvalue weighted by Crippen LogP contribution is -2.43. The van der Waals surface area contributed by atoms with Crippen LogP contribution in [0.1, 0.15) is 30.4 Å². The Bertz CT molecular complexity index is 1140. The molecule has 0 atom stereocenters. The summed E-state index contributed by atoms with van der Waals surface area (Å²) in [6.45, 7) is 3.24. The number of nitrogens with zero attached hydrogens (tertiary/aromatic N) is 2. The Kier molecular flexibility index (Phi) is 6.35. The summed E-state index contributed by atoms with van der Waals surface area (Å²) in [5.41, 5.74) is 1.46. The Morgan fingerprint density at radius 1 is 0.824 bits per heavy atom. The molecule has 1 N–H and O–H groups in total. The van der Waals surface area contributed by atoms with Crippen LogP contribution in [0.15, 0.2) is 82.6 Å². The van der Waals surface area contributed by atoms with Crippen LogP contribution in [0.5, 0.6) is 0 Å². The lowest BCUT2D eigenvalue weighted by molar-refractivity contribution is -0.137. The molecule has 0 spiro atoms. The summed E-state index contributed by atoms with van der Waals surface area (Å²) in [7, 11) is 0. The first kappa shape index (κ1) is 23.3. The van der Waals surface area contributed by atoms with Crippen LogP contribution in [0.3, 0.4) is 0 Å². The fourth-order valence-corrected chi connectivity index (χ4v) is 6.02. The number of rotatable bonds is 5. The number of anilines is 2. The summed E-state index contributed by atoms with van der Waals surface area (Å²) < 4.78 is 39.8. The van der Waals surface area contributed by atoms with E-state index in [0.29, 0.717) is 17.7 Å². The van der Waals surface area contributed by atoms with Gasteiger partial charge in [0, 0.05) is 29.4 Å². The van der Waals surface area contributed by atoms with Gasteiger partial charge in [0.2, 0.25) is 0 Å². The Labute approximate surface area is 202 Å². The van der Waals surface area contributed by atoms with Gasteiger partial charge in [0.25, 0.3) is 0 Å². The second-order valence-corrected chi connectivity index (χ2v) is 10.1. The van der Waals surface area contributed by atoms with E-state index in [1.54, 1.807) is 6.07 Å². The molecule has 1 saturated heterocycles. The molecule has 178 valence electrons. The van der Waals surface area contributed by atoms with Gasteiger partial charge < -0.3 is 14.9 Å². The van der Waals surface area contributed by atoms with Crippen LogP contribution in [0.4, 0.5) is 24.5 Å². The van der Waals surface area contributed by atoms with Crippen LogP contribution in [0, 0.1) is 0 Å². The number of hydrogen-bond acceptors (Lipinski definition) is 4. The predicted octanol–water partition coefficient (Wildman–Crippen LogP) is 6.68. The van der Waals surface area contributed by atoms with Gasteiger partial charge in [-0.15, -0.1) is 0 Å². The molecule has 3 aromatic carbocycles. The number of benzene rings is 3. The molecule has 2 heterocycles. The van der Waals surface area contributed by atoms with Crippen LogP contribution in [-0.2, 0) is 11.8 Å². The lowest BCUT2D eigenvalue weighted by atomic mass is 9.84. The normalized spacial score (nSPS) is 17.8. The molecule has 0 saturated carbocycles. The third-order valence-electron chi connectivity index (χ3n) is 6.80. The van der Waals surface area contributed by atoms with Gasteiger partial charge in [-0.25, -0.2) is 0 Å². The highest BCUT2D eigenvalue weighted by Gasteiger charge is 2.34. The molecule has 5 rings (SSSR count). The number of likely N-dealkylation sites (tertiary alicyclic amines) is 1. The number of para-hydroxylation sites is 1. The minimum absolute atomic E-state index is 0.614. The lowest BCUT2D eigenvalue weighted by Gasteiger charge is -2.39. The molecule has 0 aliphatic carbocycles. The molecule has 0 amide bonds. The maximum atomic E-state index is 13.3. The molecule has 0 aromatic heterocycles. The predicted molar refractivity (Wildman–Crippen MR) is 130 cm³/mol. The van der Waals surface area contributed by atoms with E-state index in [4.69, 9.17) is 0 Å². The fourth-order valence-electron chi connectivity index (χ4n) is 4.89. The standard InChI is InChI=1S/C27H27F3N2OS/c28-27(29,30)21-11-12-23-25(19-21)34-24-10-5-4-9-22(24)32(23)16-6-15-31-17-13-26(33,14-18-31)20-7-2-1-3-8-20/h1-5,7-12,19,33H,6,13-18H2. The maximum Gasteiger partial charge on any atom is 0.416 e. The number of fused-ring (bicyclic) bond motifs is 2. The van der Waals surface area contributed by atoms with Crippen molar-refractivity contribution < 1.29 is 18.3 Å². The first-order valence-electron chi connectivity index (χ1n) is 11.6. The van der Waals surface area contributed by atoms with Gasteiger partial charge in [0.15, 0.2) is 0 Å². The Hall–Kier alpha value is -2.48. The minimum atomic E-state index is -4.35. The van der Waals surface area contributed by atoms with Crippen molar-refractivity contribution in [2.24, 2.45) is 0 Å². The largest absolute Gasteiger partial charge is 0.416 e. The summed E-state index contributed by atoms with van der Waals surface area (Å²) in [5.74, 6) is 0. The number of halogens is 3. The smallest absolute Gasteiger partial charge is 0.385 e. The molecule has 0 unspecified atom stereocenters. The second-order valence-electron chi connectivity index (χ2n) is 8.99. The topological polar surface area (TPSA) is 26.7 Å². The summed E-state index contributed by atoms with van der Waals surface area (Å²) in [5, 5.41) is 11.1. The average molecular weight is 485 g/mol. The molecule has 3 aromatic rings. The van der Waals surface area contributed by atoms with Gasteiger partial charge in [0.05, 0.1) is 22.5 Å². The van der Waals surface area contributed by atoms with Crippen molar-refractivity contribution in [1.29, 1.82) is 0 Å². The summed E-state index contributed by atoms with van der Waals surface area (Å²) in [6, 6.07) is 21.8. The SMILES string of the molecule is OC1(c2ccccc2)CCN(CCCN2c3ccccc3Sc3cc(C(F)(F)F)ccc32)CC1. The first-order chi connectivity index (χ1) is 16.3. The van der Waals surface area contributed by atoms with Gasteiger partial charge in [-0.05, 0) is 61.7 Å². The van der Waals surface area contributed by atoms with Crippen molar-refractivity contribution in [2.45, 2.75) is 40.8 Å². The fraction of sp³-hybridized carbons (Fsp3) is 0.333. The second kappa shape index (κ2) is 9.29. The zero-order valence-electron chi connectivity index (χ0n) is 18.8. The van der Waals surface area contributed by atoms with Crippen molar-refractivity contribution in [3.8, 4) is 0 Å². The van der Waals surface area contributed by atoms with Gasteiger partial charge in [-0.1, -0.05) is 54.2 Å². The van der Waals surface area contributed by atoms with E-state index >= 15 is 0 Å². The van der Waals surface area contributed by atoms with Crippen molar-refractivity contribution in [3.63, 3.8) is 0 Å². The van der Waals surface area contributed by atoms with Crippen molar-refractivity contribution in [1.82, 2.24) is 4.90 Å². The zero-order valence-corrected chi connectivity index (χ0v) is 19.6. The Morgan fingerprint density at radius 3 is 2.24 bits per heavy atom. The van der Waals surface area contributed by atoms with Gasteiger partial charge in [-0.3, -0.25) is 0 Å². The van der Waals surface area contributed by atoms with Gasteiger partial charge >= 0.3 is 6.18 Å². The van der Waals surface area contributed by atoms with Crippen LogP contribution in [0.25, 0.3) is 0 Å². The van der Waals surface area contributed by atoms with Crippen molar-refractivity contribution >= 4 is 23.1 Å². The van der Waals surface area contributed by atoms with Crippen LogP contribution in [0.2, 0.25) is 0 Å². The maximum absolute atomic E-state index is 13.3. The van der Waals surface area contributed by atoms with Crippen LogP contribution >= 0.6 is 11.8 Å². The third kappa shape index (κ3) is 4.69. The Balaban J connectivity index is 1.26. The van der Waals surface area contributed by atoms with E-state index in [2.05, 4.69) is 9.80 Å². The quantitative estimate of drug-likeness (QED) is 0.437. The Morgan fingerprint density at radius 2 is 1.50 bits per heavy atom. The summed E-state index contributed by atoms with van der Waals surface area (Å²) in [4.78, 5) is 6.13. The first-order valence-corrected chi connectivity index (χ1v) is 12.4. The monoisotopic (exact) mass is 484 g/mol. The number of alkyl halides is 3. The van der Waals surface area contributed by atoms with E-state index in [1.165, 1.54) is 23.9 Å².